The van der Waals surface area contributed by atoms with Gasteiger partial charge in [-0.15, -0.1) is 0 Å². The van der Waals surface area contributed by atoms with Crippen molar-refractivity contribution in [1.29, 1.82) is 0 Å². The Labute approximate surface area is 131 Å². The highest BCUT2D eigenvalue weighted by Crippen LogP contribution is 2.27. The second kappa shape index (κ2) is 7.45. The molecule has 122 valence electrons. The molecule has 1 heterocycles. The minimum atomic E-state index is -0.477. The number of nitrogens with one attached hydrogen (secondary N) is 2. The molecule has 1 saturated carbocycles. The van der Waals surface area contributed by atoms with Crippen LogP contribution in [-0.2, 0) is 0 Å². The number of carbonyl (C=O) groups excluding carboxylic acids is 1. The zero-order valence-corrected chi connectivity index (χ0v) is 13.3. The van der Waals surface area contributed by atoms with E-state index in [1.807, 2.05) is 13.8 Å². The first-order valence-corrected chi connectivity index (χ1v) is 7.94. The van der Waals surface area contributed by atoms with E-state index < -0.39 is 5.91 Å². The van der Waals surface area contributed by atoms with Gasteiger partial charge in [0.15, 0.2) is 0 Å². The molecule has 1 aromatic rings. The van der Waals surface area contributed by atoms with Gasteiger partial charge in [0.05, 0.1) is 5.56 Å². The van der Waals surface area contributed by atoms with Gasteiger partial charge in [0, 0.05) is 18.7 Å². The highest BCUT2D eigenvalue weighted by atomic mass is 16.3. The number of anilines is 2. The number of nitrogens with two attached hydrogens (primary N) is 1. The molecule has 0 atom stereocenters. The molecule has 22 heavy (non-hydrogen) atoms. The number of hydrogen-bond acceptors (Lipinski definition) is 5. The SMILES string of the molecule is CC(C)Nc1ccc(C(N)=O)c(N[C@H]2CC[C@@H](CO)CC2)n1. The van der Waals surface area contributed by atoms with Crippen LogP contribution in [0.1, 0.15) is 49.9 Å². The Kier molecular flexibility index (Phi) is 5.60. The van der Waals surface area contributed by atoms with E-state index in [9.17, 15) is 9.90 Å². The van der Waals surface area contributed by atoms with Crippen molar-refractivity contribution < 1.29 is 9.90 Å². The van der Waals surface area contributed by atoms with Gasteiger partial charge in [0.25, 0.3) is 5.91 Å². The van der Waals surface area contributed by atoms with E-state index in [4.69, 9.17) is 5.73 Å². The summed E-state index contributed by atoms with van der Waals surface area (Å²) in [4.78, 5) is 16.1. The number of rotatable bonds is 6. The molecule has 0 aromatic carbocycles. The summed E-state index contributed by atoms with van der Waals surface area (Å²) < 4.78 is 0. The van der Waals surface area contributed by atoms with Crippen LogP contribution in [0.2, 0.25) is 0 Å². The van der Waals surface area contributed by atoms with Gasteiger partial charge >= 0.3 is 0 Å². The molecule has 1 aliphatic rings. The molecule has 1 aliphatic carbocycles. The Morgan fingerprint density at radius 3 is 2.59 bits per heavy atom. The molecular weight excluding hydrogens is 280 g/mol. The predicted octanol–water partition coefficient (Wildman–Crippen LogP) is 1.96. The lowest BCUT2D eigenvalue weighted by Gasteiger charge is -2.29. The normalized spacial score (nSPS) is 21.6. The first kappa shape index (κ1) is 16.5. The maximum absolute atomic E-state index is 11.6. The summed E-state index contributed by atoms with van der Waals surface area (Å²) in [5.41, 5.74) is 5.86. The smallest absolute Gasteiger partial charge is 0.252 e. The van der Waals surface area contributed by atoms with Gasteiger partial charge < -0.3 is 21.5 Å². The van der Waals surface area contributed by atoms with E-state index in [-0.39, 0.29) is 18.7 Å². The molecule has 0 saturated heterocycles. The van der Waals surface area contributed by atoms with Gasteiger partial charge in [-0.3, -0.25) is 4.79 Å². The predicted molar refractivity (Wildman–Crippen MR) is 88.0 cm³/mol. The number of carbonyl (C=O) groups is 1. The molecule has 0 aliphatic heterocycles. The van der Waals surface area contributed by atoms with Crippen molar-refractivity contribution in [2.45, 2.75) is 51.6 Å². The quantitative estimate of drug-likeness (QED) is 0.644. The molecule has 0 bridgehead atoms. The van der Waals surface area contributed by atoms with Gasteiger partial charge in [-0.2, -0.15) is 0 Å². The van der Waals surface area contributed by atoms with Crippen molar-refractivity contribution in [3.8, 4) is 0 Å². The van der Waals surface area contributed by atoms with E-state index in [2.05, 4.69) is 15.6 Å². The molecule has 1 amide bonds. The Morgan fingerprint density at radius 2 is 2.05 bits per heavy atom. The number of aliphatic hydroxyl groups excluding tert-OH is 1. The number of nitrogens with zero attached hydrogens (tertiary/aromatic N) is 1. The summed E-state index contributed by atoms with van der Waals surface area (Å²) in [6.07, 6.45) is 3.91. The highest BCUT2D eigenvalue weighted by Gasteiger charge is 2.22. The van der Waals surface area contributed by atoms with Gasteiger partial charge in [-0.25, -0.2) is 4.98 Å². The van der Waals surface area contributed by atoms with Crippen LogP contribution in [0.5, 0.6) is 0 Å². The van der Waals surface area contributed by atoms with E-state index >= 15 is 0 Å². The molecule has 2 rings (SSSR count). The third-order valence-electron chi connectivity index (χ3n) is 4.04. The first-order valence-electron chi connectivity index (χ1n) is 7.94. The molecule has 0 unspecified atom stereocenters. The lowest BCUT2D eigenvalue weighted by atomic mass is 9.86. The van der Waals surface area contributed by atoms with Crippen LogP contribution in [0, 0.1) is 5.92 Å². The summed E-state index contributed by atoms with van der Waals surface area (Å²) >= 11 is 0. The van der Waals surface area contributed by atoms with Gasteiger partial charge in [-0.1, -0.05) is 0 Å². The Bertz CT molecular complexity index is 511. The Hall–Kier alpha value is -1.82. The molecule has 6 nitrogen and oxygen atoms in total. The van der Waals surface area contributed by atoms with Crippen LogP contribution in [0.4, 0.5) is 11.6 Å². The van der Waals surface area contributed by atoms with Crippen LogP contribution in [0.25, 0.3) is 0 Å². The van der Waals surface area contributed by atoms with Gasteiger partial charge in [-0.05, 0) is 57.6 Å². The molecule has 5 N–H and O–H groups in total. The average molecular weight is 306 g/mol. The van der Waals surface area contributed by atoms with E-state index in [1.165, 1.54) is 0 Å². The second-order valence-corrected chi connectivity index (χ2v) is 6.30. The van der Waals surface area contributed by atoms with Gasteiger partial charge in [0.2, 0.25) is 0 Å². The summed E-state index contributed by atoms with van der Waals surface area (Å²) in [5, 5.41) is 15.8. The van der Waals surface area contributed by atoms with E-state index in [0.29, 0.717) is 17.3 Å². The topological polar surface area (TPSA) is 100 Å². The molecule has 0 spiro atoms. The number of amides is 1. The standard InChI is InChI=1S/C16H26N4O2/c1-10(2)18-14-8-7-13(15(17)22)16(20-14)19-12-5-3-11(9-21)4-6-12/h7-8,10-12,21H,3-6,9H2,1-2H3,(H2,17,22)(H2,18,19,20)/t11-,12+. The third kappa shape index (κ3) is 4.34. The van der Waals surface area contributed by atoms with Crippen molar-refractivity contribution in [2.75, 3.05) is 17.2 Å². The number of aromatic nitrogens is 1. The van der Waals surface area contributed by atoms with Crippen LogP contribution in [-0.4, -0.2) is 34.7 Å². The largest absolute Gasteiger partial charge is 0.396 e. The van der Waals surface area contributed by atoms with E-state index in [0.717, 1.165) is 31.5 Å². The Balaban J connectivity index is 2.11. The molecule has 6 heteroatoms. The van der Waals surface area contributed by atoms with Crippen LogP contribution in [0.3, 0.4) is 0 Å². The molecular formula is C16H26N4O2. The number of aliphatic hydroxyl groups is 1. The van der Waals surface area contributed by atoms with Crippen molar-refractivity contribution in [2.24, 2.45) is 11.7 Å². The fraction of sp³-hybridized carbons (Fsp3) is 0.625. The fourth-order valence-electron chi connectivity index (χ4n) is 2.83. The zero-order chi connectivity index (χ0) is 16.1. The summed E-state index contributed by atoms with van der Waals surface area (Å²) in [7, 11) is 0. The van der Waals surface area contributed by atoms with Crippen molar-refractivity contribution in [3.05, 3.63) is 17.7 Å². The third-order valence-corrected chi connectivity index (χ3v) is 4.04. The maximum Gasteiger partial charge on any atom is 0.252 e. The van der Waals surface area contributed by atoms with Crippen molar-refractivity contribution in [3.63, 3.8) is 0 Å². The lowest BCUT2D eigenvalue weighted by molar-refractivity contribution is 0.100. The van der Waals surface area contributed by atoms with Crippen LogP contribution < -0.4 is 16.4 Å². The first-order chi connectivity index (χ1) is 10.5. The molecule has 1 fully saturated rings. The summed E-state index contributed by atoms with van der Waals surface area (Å²) in [5.74, 6) is 1.20. The summed E-state index contributed by atoms with van der Waals surface area (Å²) in [6, 6.07) is 4.01. The maximum atomic E-state index is 11.6. The zero-order valence-electron chi connectivity index (χ0n) is 13.3. The second-order valence-electron chi connectivity index (χ2n) is 6.30. The van der Waals surface area contributed by atoms with E-state index in [1.54, 1.807) is 12.1 Å². The van der Waals surface area contributed by atoms with Crippen LogP contribution >= 0.6 is 0 Å². The van der Waals surface area contributed by atoms with Crippen molar-refractivity contribution >= 4 is 17.5 Å². The minimum absolute atomic E-state index is 0.255. The Morgan fingerprint density at radius 1 is 1.36 bits per heavy atom. The molecule has 1 aromatic heterocycles. The number of hydrogen-bond donors (Lipinski definition) is 4. The van der Waals surface area contributed by atoms with Crippen molar-refractivity contribution in [1.82, 2.24) is 4.98 Å². The molecule has 0 radical (unpaired) electrons. The average Bonchev–Trinajstić information content (AvgIpc) is 2.47. The lowest BCUT2D eigenvalue weighted by Crippen LogP contribution is -2.29. The fourth-order valence-corrected chi connectivity index (χ4v) is 2.83. The number of primary amides is 1. The number of pyridine rings is 1. The monoisotopic (exact) mass is 306 g/mol. The minimum Gasteiger partial charge on any atom is -0.396 e. The van der Waals surface area contributed by atoms with Crippen LogP contribution in [0.15, 0.2) is 12.1 Å². The van der Waals surface area contributed by atoms with Gasteiger partial charge in [0.1, 0.15) is 11.6 Å². The highest BCUT2D eigenvalue weighted by molar-refractivity contribution is 5.97. The summed E-state index contributed by atoms with van der Waals surface area (Å²) in [6.45, 7) is 4.32.